The fraction of sp³-hybridized carbons (Fsp3) is 0.810. The van der Waals surface area contributed by atoms with E-state index in [1.165, 1.54) is 31.3 Å². The van der Waals surface area contributed by atoms with E-state index in [2.05, 4.69) is 13.8 Å². The molecule has 126 valence electrons. The topological polar surface area (TPSA) is 34.1 Å². The largest absolute Gasteiger partial charge is 0.299 e. The summed E-state index contributed by atoms with van der Waals surface area (Å²) in [5, 5.41) is 0. The van der Waals surface area contributed by atoms with E-state index < -0.39 is 0 Å². The number of allylic oxidation sites excluding steroid dienone is 1. The molecule has 0 saturated heterocycles. The molecule has 0 aromatic carbocycles. The molecule has 0 aliphatic heterocycles. The summed E-state index contributed by atoms with van der Waals surface area (Å²) in [6.45, 7) is 4.55. The summed E-state index contributed by atoms with van der Waals surface area (Å²) in [4.78, 5) is 24.5. The van der Waals surface area contributed by atoms with E-state index in [9.17, 15) is 9.59 Å². The zero-order chi connectivity index (χ0) is 16.2. The van der Waals surface area contributed by atoms with Crippen LogP contribution in [0.4, 0.5) is 0 Å². The summed E-state index contributed by atoms with van der Waals surface area (Å²) < 4.78 is 0. The Bertz CT molecular complexity index is 574. The molecule has 0 spiro atoms. The van der Waals surface area contributed by atoms with Crippen LogP contribution in [0.2, 0.25) is 0 Å². The van der Waals surface area contributed by atoms with E-state index in [4.69, 9.17) is 0 Å². The molecule has 3 saturated carbocycles. The Kier molecular flexibility index (Phi) is 3.59. The molecule has 0 bridgehead atoms. The first-order valence-electron chi connectivity index (χ1n) is 9.78. The summed E-state index contributed by atoms with van der Waals surface area (Å²) in [5.41, 5.74) is 1.74. The zero-order valence-electron chi connectivity index (χ0n) is 14.7. The normalized spacial score (nSPS) is 46.0. The number of rotatable bonds is 2. The van der Waals surface area contributed by atoms with E-state index >= 15 is 0 Å². The van der Waals surface area contributed by atoms with E-state index in [0.29, 0.717) is 22.9 Å². The smallest absolute Gasteiger partial charge is 0.155 e. The van der Waals surface area contributed by atoms with Crippen LogP contribution >= 0.6 is 0 Å². The first kappa shape index (κ1) is 15.6. The molecule has 0 amide bonds. The first-order chi connectivity index (χ1) is 11.0. The second kappa shape index (κ2) is 5.29. The molecule has 0 aromatic heterocycles. The second-order valence-corrected chi connectivity index (χ2v) is 8.88. The van der Waals surface area contributed by atoms with Gasteiger partial charge in [0.1, 0.15) is 5.78 Å². The highest BCUT2D eigenvalue weighted by Crippen LogP contribution is 2.65. The van der Waals surface area contributed by atoms with Crippen molar-refractivity contribution in [3.8, 4) is 0 Å². The van der Waals surface area contributed by atoms with Crippen LogP contribution < -0.4 is 0 Å². The van der Waals surface area contributed by atoms with Crippen molar-refractivity contribution in [1.82, 2.24) is 0 Å². The molecule has 4 rings (SSSR count). The summed E-state index contributed by atoms with van der Waals surface area (Å²) in [6.07, 6.45) is 12.8. The van der Waals surface area contributed by atoms with Gasteiger partial charge in [0, 0.05) is 18.3 Å². The van der Waals surface area contributed by atoms with Crippen molar-refractivity contribution in [3.05, 3.63) is 11.6 Å². The third kappa shape index (κ3) is 2.06. The quantitative estimate of drug-likeness (QED) is 0.729. The lowest BCUT2D eigenvalue weighted by molar-refractivity contribution is -0.133. The highest BCUT2D eigenvalue weighted by Gasteiger charge is 2.59. The van der Waals surface area contributed by atoms with Crippen molar-refractivity contribution in [2.24, 2.45) is 28.6 Å². The van der Waals surface area contributed by atoms with Crippen molar-refractivity contribution in [1.29, 1.82) is 0 Å². The number of fused-ring (bicyclic) bond motifs is 5. The monoisotopic (exact) mass is 314 g/mol. The second-order valence-electron chi connectivity index (χ2n) is 8.88. The molecule has 0 N–H and O–H groups in total. The van der Waals surface area contributed by atoms with Crippen LogP contribution in [0.25, 0.3) is 0 Å². The molecule has 4 aliphatic carbocycles. The third-order valence-electron chi connectivity index (χ3n) is 8.09. The number of carbonyl (C=O) groups excluding carboxylic acids is 2. The first-order valence-corrected chi connectivity index (χ1v) is 9.78. The lowest BCUT2D eigenvalue weighted by Crippen LogP contribution is -2.51. The Labute approximate surface area is 140 Å². The molecule has 2 heteroatoms. The predicted molar refractivity (Wildman–Crippen MR) is 91.0 cm³/mol. The van der Waals surface area contributed by atoms with Crippen LogP contribution in [0.5, 0.6) is 0 Å². The summed E-state index contributed by atoms with van der Waals surface area (Å²) in [5.74, 6) is 2.94. The van der Waals surface area contributed by atoms with Gasteiger partial charge in [-0.3, -0.25) is 9.59 Å². The molecular formula is C21H30O2. The van der Waals surface area contributed by atoms with E-state index in [0.717, 1.165) is 50.4 Å². The van der Waals surface area contributed by atoms with Crippen LogP contribution in [0.1, 0.15) is 78.1 Å². The Hall–Kier alpha value is -0.920. The van der Waals surface area contributed by atoms with E-state index in [-0.39, 0.29) is 5.41 Å². The highest BCUT2D eigenvalue weighted by molar-refractivity contribution is 5.91. The minimum absolute atomic E-state index is 0.0275. The van der Waals surface area contributed by atoms with Gasteiger partial charge in [-0.15, -0.1) is 0 Å². The summed E-state index contributed by atoms with van der Waals surface area (Å²) in [7, 11) is 0. The Morgan fingerprint density at radius 3 is 2.65 bits per heavy atom. The number of hydrogen-bond donors (Lipinski definition) is 0. The molecular weight excluding hydrogens is 284 g/mol. The van der Waals surface area contributed by atoms with Crippen molar-refractivity contribution < 1.29 is 9.59 Å². The van der Waals surface area contributed by atoms with Crippen LogP contribution in [-0.4, -0.2) is 11.6 Å². The van der Waals surface area contributed by atoms with Gasteiger partial charge in [-0.2, -0.15) is 0 Å². The van der Waals surface area contributed by atoms with Crippen LogP contribution in [0, 0.1) is 28.6 Å². The van der Waals surface area contributed by atoms with Crippen molar-refractivity contribution in [2.45, 2.75) is 78.1 Å². The highest BCUT2D eigenvalue weighted by atomic mass is 16.1. The van der Waals surface area contributed by atoms with E-state index in [1.807, 2.05) is 6.08 Å². The molecule has 23 heavy (non-hydrogen) atoms. The van der Waals surface area contributed by atoms with Crippen LogP contribution in [-0.2, 0) is 9.59 Å². The minimum Gasteiger partial charge on any atom is -0.299 e. The zero-order valence-corrected chi connectivity index (χ0v) is 14.7. The maximum absolute atomic E-state index is 12.5. The van der Waals surface area contributed by atoms with Crippen LogP contribution in [0.3, 0.4) is 0 Å². The lowest BCUT2D eigenvalue weighted by Gasteiger charge is -2.58. The van der Waals surface area contributed by atoms with Gasteiger partial charge in [0.2, 0.25) is 0 Å². The maximum atomic E-state index is 12.5. The van der Waals surface area contributed by atoms with Crippen LogP contribution in [0.15, 0.2) is 11.6 Å². The third-order valence-corrected chi connectivity index (χ3v) is 8.09. The summed E-state index contributed by atoms with van der Waals surface area (Å²) >= 11 is 0. The summed E-state index contributed by atoms with van der Waals surface area (Å²) in [6, 6.07) is 0. The van der Waals surface area contributed by atoms with Crippen molar-refractivity contribution in [2.75, 3.05) is 0 Å². The molecule has 4 aliphatic rings. The molecule has 0 heterocycles. The van der Waals surface area contributed by atoms with Gasteiger partial charge >= 0.3 is 0 Å². The number of Topliss-reactive ketones (excluding diaryl/α,β-unsaturated/α-hetero) is 1. The fourth-order valence-corrected chi connectivity index (χ4v) is 7.05. The molecule has 2 nitrogen and oxygen atoms in total. The Balaban J connectivity index is 1.72. The fourth-order valence-electron chi connectivity index (χ4n) is 7.05. The van der Waals surface area contributed by atoms with Gasteiger partial charge in [-0.1, -0.05) is 25.8 Å². The minimum atomic E-state index is -0.0275. The molecule has 5 atom stereocenters. The molecule has 3 fully saturated rings. The predicted octanol–water partition coefficient (Wildman–Crippen LogP) is 4.87. The Morgan fingerprint density at radius 2 is 1.87 bits per heavy atom. The lowest BCUT2D eigenvalue weighted by atomic mass is 9.46. The van der Waals surface area contributed by atoms with E-state index in [1.54, 1.807) is 0 Å². The van der Waals surface area contributed by atoms with Gasteiger partial charge in [0.15, 0.2) is 5.78 Å². The SMILES string of the molecule is CCC[C@]12CCC(=O)C=C1CC[C@@H]1[C@@H]2CC[C@]2(C)C(=O)CC[C@@H]12. The van der Waals surface area contributed by atoms with Gasteiger partial charge in [-0.05, 0) is 74.2 Å². The van der Waals surface area contributed by atoms with Crippen molar-refractivity contribution >= 4 is 11.6 Å². The standard InChI is InChI=1S/C21H30O2/c1-3-10-21-12-8-15(22)13-14(21)4-5-16-17-6-7-19(23)20(17,2)11-9-18(16)21/h13,16-18H,3-12H2,1-2H3/t16-,17-,18-,20-,21-/m0/s1. The van der Waals surface area contributed by atoms with Gasteiger partial charge in [0.05, 0.1) is 0 Å². The maximum Gasteiger partial charge on any atom is 0.155 e. The Morgan fingerprint density at radius 1 is 1.04 bits per heavy atom. The number of hydrogen-bond acceptors (Lipinski definition) is 2. The molecule has 0 radical (unpaired) electrons. The number of ketones is 2. The van der Waals surface area contributed by atoms with Crippen molar-refractivity contribution in [3.63, 3.8) is 0 Å². The molecule has 0 aromatic rings. The average molecular weight is 314 g/mol. The average Bonchev–Trinajstić information content (AvgIpc) is 2.84. The van der Waals surface area contributed by atoms with Gasteiger partial charge in [0.25, 0.3) is 0 Å². The van der Waals surface area contributed by atoms with Gasteiger partial charge in [-0.25, -0.2) is 0 Å². The molecule has 0 unspecified atom stereocenters. The number of carbonyl (C=O) groups is 2. The van der Waals surface area contributed by atoms with Gasteiger partial charge < -0.3 is 0 Å².